The second-order valence-electron chi connectivity index (χ2n) is 6.39. The fourth-order valence-corrected chi connectivity index (χ4v) is 3.53. The van der Waals surface area contributed by atoms with Crippen LogP contribution in [-0.4, -0.2) is 34.6 Å². The zero-order chi connectivity index (χ0) is 18.1. The molecule has 7 heteroatoms. The highest BCUT2D eigenvalue weighted by Gasteiger charge is 2.27. The molecule has 0 aromatic carbocycles. The van der Waals surface area contributed by atoms with Crippen molar-refractivity contribution in [3.05, 3.63) is 33.9 Å². The summed E-state index contributed by atoms with van der Waals surface area (Å²) in [6.45, 7) is 7.23. The molecule has 1 aliphatic heterocycles. The molecule has 1 aliphatic rings. The minimum Gasteiger partial charge on any atom is -0.352 e. The summed E-state index contributed by atoms with van der Waals surface area (Å²) < 4.78 is 16.6. The number of nitrogens with one attached hydrogen (secondary N) is 1. The first kappa shape index (κ1) is 17.4. The van der Waals surface area contributed by atoms with Crippen molar-refractivity contribution in [3.8, 4) is 0 Å². The molecule has 1 N–H and O–H groups in total. The molecule has 1 fully saturated rings. The molecule has 1 amide bonds. The standard InChI is InChI=1S/C18H23FN4O2/c1-4-13-8-16(25)14-9-15(19)18(21-17(14)23(13)5-2)22-7-6-12(10-22)20-11(3)24/h8-9,12H,4-7,10H2,1-3H3,(H,20,24). The van der Waals surface area contributed by atoms with Gasteiger partial charge in [-0.25, -0.2) is 9.37 Å². The van der Waals surface area contributed by atoms with Crippen LogP contribution in [-0.2, 0) is 17.8 Å². The van der Waals surface area contributed by atoms with Crippen LogP contribution in [0.2, 0.25) is 0 Å². The number of halogens is 1. The maximum Gasteiger partial charge on any atom is 0.217 e. The van der Waals surface area contributed by atoms with E-state index in [1.54, 1.807) is 6.07 Å². The van der Waals surface area contributed by atoms with E-state index in [9.17, 15) is 14.0 Å². The number of nitrogens with zero attached hydrogens (tertiary/aromatic N) is 3. The van der Waals surface area contributed by atoms with Crippen molar-refractivity contribution in [1.29, 1.82) is 0 Å². The molecule has 2 aromatic heterocycles. The molecule has 2 aromatic rings. The maximum absolute atomic E-state index is 14.6. The van der Waals surface area contributed by atoms with Gasteiger partial charge in [0.25, 0.3) is 0 Å². The van der Waals surface area contributed by atoms with Crippen LogP contribution < -0.4 is 15.6 Å². The number of carbonyl (C=O) groups is 1. The number of fused-ring (bicyclic) bond motifs is 1. The van der Waals surface area contributed by atoms with Gasteiger partial charge in [0.05, 0.1) is 5.39 Å². The summed E-state index contributed by atoms with van der Waals surface area (Å²) in [5.74, 6) is -0.346. The molecule has 0 saturated carbocycles. The highest BCUT2D eigenvalue weighted by Crippen LogP contribution is 2.25. The summed E-state index contributed by atoms with van der Waals surface area (Å²) >= 11 is 0. The summed E-state index contributed by atoms with van der Waals surface area (Å²) in [4.78, 5) is 29.9. The lowest BCUT2D eigenvalue weighted by molar-refractivity contribution is -0.119. The van der Waals surface area contributed by atoms with Gasteiger partial charge < -0.3 is 14.8 Å². The summed E-state index contributed by atoms with van der Waals surface area (Å²) in [6, 6.07) is 2.84. The molecule has 3 rings (SSSR count). The van der Waals surface area contributed by atoms with E-state index in [1.807, 2.05) is 23.3 Å². The Morgan fingerprint density at radius 3 is 2.80 bits per heavy atom. The van der Waals surface area contributed by atoms with Gasteiger partial charge in [0.15, 0.2) is 17.1 Å². The van der Waals surface area contributed by atoms with Gasteiger partial charge in [0.2, 0.25) is 5.91 Å². The molecular weight excluding hydrogens is 323 g/mol. The first-order valence-electron chi connectivity index (χ1n) is 8.69. The van der Waals surface area contributed by atoms with Gasteiger partial charge in [0.1, 0.15) is 5.65 Å². The van der Waals surface area contributed by atoms with E-state index in [2.05, 4.69) is 10.3 Å². The van der Waals surface area contributed by atoms with Gasteiger partial charge in [-0.15, -0.1) is 0 Å². The lowest BCUT2D eigenvalue weighted by atomic mass is 10.2. The van der Waals surface area contributed by atoms with E-state index in [0.29, 0.717) is 37.1 Å². The predicted molar refractivity (Wildman–Crippen MR) is 95.4 cm³/mol. The van der Waals surface area contributed by atoms with Crippen molar-refractivity contribution < 1.29 is 9.18 Å². The molecule has 0 aliphatic carbocycles. The summed E-state index contributed by atoms with van der Waals surface area (Å²) in [5.41, 5.74) is 1.21. The molecule has 6 nitrogen and oxygen atoms in total. The number of anilines is 1. The van der Waals surface area contributed by atoms with Crippen LogP contribution >= 0.6 is 0 Å². The Morgan fingerprint density at radius 2 is 2.16 bits per heavy atom. The molecule has 134 valence electrons. The smallest absolute Gasteiger partial charge is 0.217 e. The predicted octanol–water partition coefficient (Wildman–Crippen LogP) is 1.83. The lowest BCUT2D eigenvalue weighted by Gasteiger charge is -2.20. The first-order valence-corrected chi connectivity index (χ1v) is 8.69. The number of pyridine rings is 2. The monoisotopic (exact) mass is 346 g/mol. The second kappa shape index (κ2) is 6.82. The molecule has 25 heavy (non-hydrogen) atoms. The van der Waals surface area contributed by atoms with E-state index >= 15 is 0 Å². The quantitative estimate of drug-likeness (QED) is 0.917. The zero-order valence-electron chi connectivity index (χ0n) is 14.8. The van der Waals surface area contributed by atoms with Crippen LogP contribution in [0.15, 0.2) is 16.9 Å². The minimum atomic E-state index is -0.500. The Balaban J connectivity index is 2.07. The third-order valence-electron chi connectivity index (χ3n) is 4.68. The van der Waals surface area contributed by atoms with Crippen LogP contribution in [0.3, 0.4) is 0 Å². The number of amides is 1. The van der Waals surface area contributed by atoms with Crippen molar-refractivity contribution >= 4 is 22.8 Å². The van der Waals surface area contributed by atoms with Gasteiger partial charge in [-0.05, 0) is 25.8 Å². The van der Waals surface area contributed by atoms with Gasteiger partial charge >= 0.3 is 0 Å². The largest absolute Gasteiger partial charge is 0.352 e. The number of aromatic nitrogens is 2. The molecule has 1 saturated heterocycles. The highest BCUT2D eigenvalue weighted by atomic mass is 19.1. The number of carbonyl (C=O) groups excluding carboxylic acids is 1. The van der Waals surface area contributed by atoms with Crippen molar-refractivity contribution in [1.82, 2.24) is 14.9 Å². The fourth-order valence-electron chi connectivity index (χ4n) is 3.53. The number of rotatable bonds is 4. The van der Waals surface area contributed by atoms with E-state index in [1.165, 1.54) is 13.0 Å². The Labute approximate surface area is 145 Å². The highest BCUT2D eigenvalue weighted by molar-refractivity contribution is 5.78. The van der Waals surface area contributed by atoms with E-state index in [0.717, 1.165) is 12.1 Å². The number of hydrogen-bond donors (Lipinski definition) is 1. The molecule has 1 atom stereocenters. The molecule has 0 bridgehead atoms. The molecule has 1 unspecified atom stereocenters. The van der Waals surface area contributed by atoms with Crippen molar-refractivity contribution in [2.45, 2.75) is 46.2 Å². The van der Waals surface area contributed by atoms with Crippen LogP contribution in [0.25, 0.3) is 11.0 Å². The average molecular weight is 346 g/mol. The third kappa shape index (κ3) is 3.23. The fraction of sp³-hybridized carbons (Fsp3) is 0.500. The normalized spacial score (nSPS) is 17.3. The Kier molecular flexibility index (Phi) is 4.74. The Morgan fingerprint density at radius 1 is 1.40 bits per heavy atom. The minimum absolute atomic E-state index is 0.00950. The van der Waals surface area contributed by atoms with Gasteiger partial charge in [-0.2, -0.15) is 0 Å². The molecule has 0 radical (unpaired) electrons. The summed E-state index contributed by atoms with van der Waals surface area (Å²) in [6.07, 6.45) is 1.45. The first-order chi connectivity index (χ1) is 11.9. The molecular formula is C18H23FN4O2. The summed E-state index contributed by atoms with van der Waals surface area (Å²) in [7, 11) is 0. The topological polar surface area (TPSA) is 67.2 Å². The Hall–Kier alpha value is -2.44. The average Bonchev–Trinajstić information content (AvgIpc) is 3.02. The van der Waals surface area contributed by atoms with Gasteiger partial charge in [0, 0.05) is 44.4 Å². The van der Waals surface area contributed by atoms with Crippen LogP contribution in [0, 0.1) is 5.82 Å². The van der Waals surface area contributed by atoms with Crippen molar-refractivity contribution in [2.75, 3.05) is 18.0 Å². The summed E-state index contributed by atoms with van der Waals surface area (Å²) in [5, 5.41) is 3.17. The molecule has 0 spiro atoms. The van der Waals surface area contributed by atoms with Gasteiger partial charge in [-0.1, -0.05) is 6.92 Å². The lowest BCUT2D eigenvalue weighted by Crippen LogP contribution is -2.36. The van der Waals surface area contributed by atoms with Gasteiger partial charge in [-0.3, -0.25) is 9.59 Å². The maximum atomic E-state index is 14.6. The number of aryl methyl sites for hydroxylation is 2. The van der Waals surface area contributed by atoms with Crippen molar-refractivity contribution in [3.63, 3.8) is 0 Å². The van der Waals surface area contributed by atoms with Crippen LogP contribution in [0.5, 0.6) is 0 Å². The zero-order valence-corrected chi connectivity index (χ0v) is 14.8. The van der Waals surface area contributed by atoms with Crippen molar-refractivity contribution in [2.24, 2.45) is 0 Å². The molecule has 3 heterocycles. The third-order valence-corrected chi connectivity index (χ3v) is 4.68. The van der Waals surface area contributed by atoms with Crippen LogP contribution in [0.4, 0.5) is 10.2 Å². The number of hydrogen-bond acceptors (Lipinski definition) is 4. The second-order valence-corrected chi connectivity index (χ2v) is 6.39. The van der Waals surface area contributed by atoms with E-state index in [-0.39, 0.29) is 23.2 Å². The SMILES string of the molecule is CCc1cc(=O)c2cc(F)c(N3CCC(NC(C)=O)C3)nc2n1CC. The Bertz CT molecular complexity index is 877. The van der Waals surface area contributed by atoms with Crippen LogP contribution in [0.1, 0.15) is 32.9 Å². The van der Waals surface area contributed by atoms with E-state index in [4.69, 9.17) is 0 Å². The van der Waals surface area contributed by atoms with E-state index < -0.39 is 5.82 Å².